The van der Waals surface area contributed by atoms with Crippen LogP contribution >= 0.6 is 0 Å². The highest BCUT2D eigenvalue weighted by atomic mass is 16.4. The van der Waals surface area contributed by atoms with Gasteiger partial charge < -0.3 is 37.8 Å². The number of carbonyl (C=O) groups excluding carboxylic acids is 4. The molecule has 0 aliphatic heterocycles. The van der Waals surface area contributed by atoms with Gasteiger partial charge in [-0.1, -0.05) is 48.0 Å². The highest BCUT2D eigenvalue weighted by molar-refractivity contribution is 5.95. The molecule has 0 bridgehead atoms. The van der Waals surface area contributed by atoms with Crippen LogP contribution < -0.4 is 32.7 Å². The number of carbonyl (C=O) groups is 5. The minimum Gasteiger partial charge on any atom is -0.480 e. The lowest BCUT2D eigenvalue weighted by Crippen LogP contribution is -2.58. The van der Waals surface area contributed by atoms with E-state index in [4.69, 9.17) is 16.6 Å². The largest absolute Gasteiger partial charge is 0.480 e. The van der Waals surface area contributed by atoms with Crippen molar-refractivity contribution < 1.29 is 29.1 Å². The van der Waals surface area contributed by atoms with E-state index in [9.17, 15) is 24.0 Å². The van der Waals surface area contributed by atoms with E-state index in [0.29, 0.717) is 32.2 Å². The topological polar surface area (TPSA) is 206 Å². The summed E-state index contributed by atoms with van der Waals surface area (Å²) in [6.07, 6.45) is 2.81. The molecule has 12 heteroatoms. The normalized spacial score (nSPS) is 14.5. The van der Waals surface area contributed by atoms with Crippen molar-refractivity contribution in [3.05, 3.63) is 0 Å². The number of nitrogens with one attached hydrogen (secondary N) is 4. The second-order valence-corrected chi connectivity index (χ2v) is 11.1. The van der Waals surface area contributed by atoms with Crippen LogP contribution in [0, 0.1) is 17.8 Å². The molecule has 0 aromatic heterocycles. The average Bonchev–Trinajstić information content (AvgIpc) is 2.80. The van der Waals surface area contributed by atoms with Crippen LogP contribution in [0.1, 0.15) is 80.1 Å². The first-order valence-electron chi connectivity index (χ1n) is 13.5. The summed E-state index contributed by atoms with van der Waals surface area (Å²) in [6, 6.07) is -3.60. The molecular formula is C26H50N6O6. The molecule has 4 amide bonds. The molecule has 0 aliphatic carbocycles. The van der Waals surface area contributed by atoms with Gasteiger partial charge in [0.15, 0.2) is 0 Å². The molecule has 12 nitrogen and oxygen atoms in total. The molecule has 0 rings (SSSR count). The standard InChI is InChI=1S/C26H50N6O6/c1-15(2)11-19(24(36)29-14-22(33)34)31-26(38)21(13-17(5)6)32-25(37)20(12-16(3)4)30-23(35)18(28)9-7-8-10-27/h15-21H,7-14,27-28H2,1-6H3,(H,29,36)(H,30,35)(H,31,38)(H,32,37)(H,33,34). The molecule has 9 N–H and O–H groups in total. The Morgan fingerprint density at radius 1 is 0.658 bits per heavy atom. The molecule has 0 spiro atoms. The molecule has 0 aromatic carbocycles. The van der Waals surface area contributed by atoms with Crippen LogP contribution in [0.5, 0.6) is 0 Å². The first kappa shape index (κ1) is 35.3. The maximum Gasteiger partial charge on any atom is 0.322 e. The fourth-order valence-electron chi connectivity index (χ4n) is 3.86. The van der Waals surface area contributed by atoms with Crippen LogP contribution in [-0.4, -0.2) is 72.0 Å². The van der Waals surface area contributed by atoms with E-state index in [0.717, 1.165) is 6.42 Å². The first-order chi connectivity index (χ1) is 17.7. The number of unbranched alkanes of at least 4 members (excludes halogenated alkanes) is 1. The maximum absolute atomic E-state index is 13.3. The monoisotopic (exact) mass is 542 g/mol. The lowest BCUT2D eigenvalue weighted by Gasteiger charge is -2.27. The van der Waals surface area contributed by atoms with Crippen LogP contribution in [0.3, 0.4) is 0 Å². The van der Waals surface area contributed by atoms with Crippen molar-refractivity contribution in [1.29, 1.82) is 0 Å². The molecule has 0 radical (unpaired) electrons. The van der Waals surface area contributed by atoms with Gasteiger partial charge in [-0.25, -0.2) is 0 Å². The summed E-state index contributed by atoms with van der Waals surface area (Å²) >= 11 is 0. The number of rotatable bonds is 19. The number of amides is 4. The summed E-state index contributed by atoms with van der Waals surface area (Å²) in [5.41, 5.74) is 11.5. The second-order valence-electron chi connectivity index (χ2n) is 11.1. The Morgan fingerprint density at radius 2 is 1.05 bits per heavy atom. The smallest absolute Gasteiger partial charge is 0.322 e. The minimum absolute atomic E-state index is 0.0320. The fraction of sp³-hybridized carbons (Fsp3) is 0.808. The zero-order chi connectivity index (χ0) is 29.4. The SMILES string of the molecule is CC(C)CC(NC(=O)C(N)CCCCN)C(=O)NC(CC(C)C)C(=O)NC(CC(C)C)C(=O)NCC(=O)O. The van der Waals surface area contributed by atoms with E-state index in [1.807, 2.05) is 41.5 Å². The van der Waals surface area contributed by atoms with Crippen molar-refractivity contribution >= 4 is 29.6 Å². The molecule has 0 fully saturated rings. The lowest BCUT2D eigenvalue weighted by molar-refractivity contribution is -0.138. The third kappa shape index (κ3) is 15.5. The molecule has 0 saturated heterocycles. The molecule has 0 heterocycles. The summed E-state index contributed by atoms with van der Waals surface area (Å²) in [5.74, 6) is -3.19. The number of carboxylic acid groups (broad SMARTS) is 1. The van der Waals surface area contributed by atoms with E-state index >= 15 is 0 Å². The number of aliphatic carboxylic acids is 1. The van der Waals surface area contributed by atoms with Crippen molar-refractivity contribution in [2.24, 2.45) is 29.2 Å². The Bertz CT molecular complexity index is 773. The zero-order valence-electron chi connectivity index (χ0n) is 23.8. The van der Waals surface area contributed by atoms with Crippen molar-refractivity contribution in [3.8, 4) is 0 Å². The predicted molar refractivity (Wildman–Crippen MR) is 146 cm³/mol. The van der Waals surface area contributed by atoms with Crippen molar-refractivity contribution in [2.45, 2.75) is 104 Å². The van der Waals surface area contributed by atoms with Gasteiger partial charge in [-0.3, -0.25) is 24.0 Å². The van der Waals surface area contributed by atoms with Gasteiger partial charge in [0.05, 0.1) is 6.04 Å². The van der Waals surface area contributed by atoms with Gasteiger partial charge in [0, 0.05) is 0 Å². The summed E-state index contributed by atoms with van der Waals surface area (Å²) in [7, 11) is 0. The predicted octanol–water partition coefficient (Wildman–Crippen LogP) is 0.236. The third-order valence-electron chi connectivity index (χ3n) is 5.74. The molecule has 0 saturated carbocycles. The highest BCUT2D eigenvalue weighted by Crippen LogP contribution is 2.11. The third-order valence-corrected chi connectivity index (χ3v) is 5.74. The van der Waals surface area contributed by atoms with E-state index in [1.165, 1.54) is 0 Å². The quantitative estimate of drug-likeness (QED) is 0.112. The van der Waals surface area contributed by atoms with Gasteiger partial charge in [-0.05, 0) is 56.4 Å². The van der Waals surface area contributed by atoms with Gasteiger partial charge in [0.2, 0.25) is 23.6 Å². The Morgan fingerprint density at radius 3 is 1.42 bits per heavy atom. The molecule has 4 unspecified atom stereocenters. The number of carboxylic acids is 1. The van der Waals surface area contributed by atoms with E-state index in [-0.39, 0.29) is 24.2 Å². The van der Waals surface area contributed by atoms with Crippen LogP contribution in [0.15, 0.2) is 0 Å². The molecule has 38 heavy (non-hydrogen) atoms. The van der Waals surface area contributed by atoms with Crippen LogP contribution in [0.25, 0.3) is 0 Å². The summed E-state index contributed by atoms with van der Waals surface area (Å²) in [5, 5.41) is 19.3. The molecular weight excluding hydrogens is 492 g/mol. The Hall–Kier alpha value is -2.73. The molecule has 0 aliphatic rings. The minimum atomic E-state index is -1.20. The second kappa shape index (κ2) is 18.5. The van der Waals surface area contributed by atoms with Crippen molar-refractivity contribution in [1.82, 2.24) is 21.3 Å². The number of hydrogen-bond acceptors (Lipinski definition) is 7. The zero-order valence-corrected chi connectivity index (χ0v) is 23.8. The summed E-state index contributed by atoms with van der Waals surface area (Å²) in [4.78, 5) is 62.5. The Labute approximate surface area is 226 Å². The van der Waals surface area contributed by atoms with E-state index < -0.39 is 60.3 Å². The van der Waals surface area contributed by atoms with Gasteiger partial charge >= 0.3 is 5.97 Å². The first-order valence-corrected chi connectivity index (χ1v) is 13.5. The van der Waals surface area contributed by atoms with Gasteiger partial charge in [-0.2, -0.15) is 0 Å². The maximum atomic E-state index is 13.3. The average molecular weight is 543 g/mol. The van der Waals surface area contributed by atoms with Crippen molar-refractivity contribution in [3.63, 3.8) is 0 Å². The highest BCUT2D eigenvalue weighted by Gasteiger charge is 2.31. The van der Waals surface area contributed by atoms with Gasteiger partial charge in [0.1, 0.15) is 24.7 Å². The molecule has 220 valence electrons. The lowest BCUT2D eigenvalue weighted by atomic mass is 9.98. The molecule has 4 atom stereocenters. The van der Waals surface area contributed by atoms with Gasteiger partial charge in [0.25, 0.3) is 0 Å². The summed E-state index contributed by atoms with van der Waals surface area (Å²) in [6.45, 7) is 11.3. The Balaban J connectivity index is 5.60. The van der Waals surface area contributed by atoms with Crippen LogP contribution in [-0.2, 0) is 24.0 Å². The van der Waals surface area contributed by atoms with E-state index in [2.05, 4.69) is 21.3 Å². The van der Waals surface area contributed by atoms with E-state index in [1.54, 1.807) is 0 Å². The molecule has 0 aromatic rings. The number of nitrogens with two attached hydrogens (primary N) is 2. The van der Waals surface area contributed by atoms with Gasteiger partial charge in [-0.15, -0.1) is 0 Å². The van der Waals surface area contributed by atoms with Crippen molar-refractivity contribution in [2.75, 3.05) is 13.1 Å². The van der Waals surface area contributed by atoms with Crippen LogP contribution in [0.4, 0.5) is 0 Å². The Kier molecular flexibility index (Phi) is 17.2. The fourth-order valence-corrected chi connectivity index (χ4v) is 3.86. The van der Waals surface area contributed by atoms with Crippen LogP contribution in [0.2, 0.25) is 0 Å². The summed E-state index contributed by atoms with van der Waals surface area (Å²) < 4.78 is 0. The number of hydrogen-bond donors (Lipinski definition) is 7.